The lowest BCUT2D eigenvalue weighted by Crippen LogP contribution is -2.44. The molecule has 1 amide bonds. The number of benzene rings is 1. The lowest BCUT2D eigenvalue weighted by molar-refractivity contribution is -0.137. The highest BCUT2D eigenvalue weighted by molar-refractivity contribution is 6.30. The fourth-order valence-corrected chi connectivity index (χ4v) is 3.69. The molecular formula is C23H23ClF3N7O2. The molecule has 0 unspecified atom stereocenters. The molecule has 9 nitrogen and oxygen atoms in total. The molecule has 2 aliphatic heterocycles. The molecule has 0 saturated carbocycles. The van der Waals surface area contributed by atoms with Gasteiger partial charge in [-0.3, -0.25) is 4.79 Å². The molecule has 13 heteroatoms. The number of pyridine rings is 1. The Kier molecular flexibility index (Phi) is 7.77. The van der Waals surface area contributed by atoms with E-state index in [1.807, 2.05) is 0 Å². The number of anilines is 1. The molecular weight excluding hydrogens is 499 g/mol. The van der Waals surface area contributed by atoms with E-state index >= 15 is 0 Å². The van der Waals surface area contributed by atoms with Gasteiger partial charge in [0.15, 0.2) is 0 Å². The Balaban J connectivity index is 1.54. The maximum Gasteiger partial charge on any atom is 0.416 e. The van der Waals surface area contributed by atoms with Gasteiger partial charge in [0.05, 0.1) is 30.2 Å². The summed E-state index contributed by atoms with van der Waals surface area (Å²) < 4.78 is 44.6. The van der Waals surface area contributed by atoms with Crippen LogP contribution in [0, 0.1) is 0 Å². The zero-order valence-electron chi connectivity index (χ0n) is 18.8. The third kappa shape index (κ3) is 6.33. The second-order valence-electron chi connectivity index (χ2n) is 7.90. The summed E-state index contributed by atoms with van der Waals surface area (Å²) in [4.78, 5) is 20.5. The smallest absolute Gasteiger partial charge is 0.382 e. The molecule has 1 atom stereocenters. The van der Waals surface area contributed by atoms with Crippen LogP contribution < -0.4 is 27.0 Å². The van der Waals surface area contributed by atoms with Gasteiger partial charge >= 0.3 is 6.18 Å². The average molecular weight is 522 g/mol. The zero-order valence-corrected chi connectivity index (χ0v) is 19.6. The average Bonchev–Trinajstić information content (AvgIpc) is 2.87. The van der Waals surface area contributed by atoms with E-state index in [-0.39, 0.29) is 28.5 Å². The molecule has 4 rings (SSSR count). The number of nitrogens with zero attached hydrogens (tertiary/aromatic N) is 2. The molecule has 1 aromatic heterocycles. The first-order valence-electron chi connectivity index (χ1n) is 10.9. The van der Waals surface area contributed by atoms with E-state index in [1.165, 1.54) is 18.3 Å². The SMILES string of the molecule is NC1=NC=C(Cl)N/C1=C(\NC[C@H]1CNCCO1)c1ccc(C(=O)Nc2cc(C(F)(F)F)ccn2)cc1. The van der Waals surface area contributed by atoms with Gasteiger partial charge < -0.3 is 31.7 Å². The molecule has 1 saturated heterocycles. The van der Waals surface area contributed by atoms with Crippen molar-refractivity contribution in [2.45, 2.75) is 12.3 Å². The van der Waals surface area contributed by atoms with Crippen molar-refractivity contribution in [2.75, 3.05) is 31.6 Å². The number of nitrogens with one attached hydrogen (secondary N) is 4. The van der Waals surface area contributed by atoms with E-state index in [0.29, 0.717) is 36.7 Å². The van der Waals surface area contributed by atoms with E-state index < -0.39 is 17.6 Å². The summed E-state index contributed by atoms with van der Waals surface area (Å²) in [5.74, 6) is -0.608. The standard InChI is InChI=1S/C23H23ClF3N7O2/c24-17-12-32-21(28)20(33-17)19(31-11-16-10-29-7-8-36-16)13-1-3-14(4-2-13)22(35)34-18-9-15(5-6-30-18)23(25,26)27/h1-6,9,12,16,29,31,33H,7-8,10-11H2,(H2,28,32)(H,30,34,35)/b20-19-/t16-/m1/s1. The van der Waals surface area contributed by atoms with Crippen LogP contribution in [-0.4, -0.2) is 49.1 Å². The van der Waals surface area contributed by atoms with E-state index in [2.05, 4.69) is 31.2 Å². The van der Waals surface area contributed by atoms with Crippen molar-refractivity contribution >= 4 is 34.9 Å². The number of morpholine rings is 1. The van der Waals surface area contributed by atoms with Crippen LogP contribution in [-0.2, 0) is 10.9 Å². The number of carbonyl (C=O) groups excluding carboxylic acids is 1. The lowest BCUT2D eigenvalue weighted by atomic mass is 10.1. The quantitative estimate of drug-likeness (QED) is 0.370. The second-order valence-corrected chi connectivity index (χ2v) is 8.31. The minimum Gasteiger partial charge on any atom is -0.382 e. The molecule has 1 aromatic carbocycles. The fourth-order valence-electron chi connectivity index (χ4n) is 3.55. The number of amides is 1. The van der Waals surface area contributed by atoms with Gasteiger partial charge in [0.1, 0.15) is 22.5 Å². The van der Waals surface area contributed by atoms with Gasteiger partial charge in [0.2, 0.25) is 0 Å². The number of hydrogen-bond donors (Lipinski definition) is 5. The summed E-state index contributed by atoms with van der Waals surface area (Å²) in [5, 5.41) is 12.2. The third-order valence-corrected chi connectivity index (χ3v) is 5.54. The van der Waals surface area contributed by atoms with Gasteiger partial charge in [-0.25, -0.2) is 9.98 Å². The van der Waals surface area contributed by atoms with Gasteiger partial charge in [-0.2, -0.15) is 13.2 Å². The lowest BCUT2D eigenvalue weighted by Gasteiger charge is -2.26. The molecule has 190 valence electrons. The van der Waals surface area contributed by atoms with Crippen LogP contribution in [0.4, 0.5) is 19.0 Å². The minimum absolute atomic E-state index is 0.0767. The van der Waals surface area contributed by atoms with Crippen LogP contribution in [0.15, 0.2) is 64.6 Å². The summed E-state index contributed by atoms with van der Waals surface area (Å²) in [6.07, 6.45) is -2.25. The molecule has 0 spiro atoms. The van der Waals surface area contributed by atoms with Crippen LogP contribution >= 0.6 is 11.6 Å². The minimum atomic E-state index is -4.55. The molecule has 36 heavy (non-hydrogen) atoms. The Morgan fingerprint density at radius 1 is 1.22 bits per heavy atom. The monoisotopic (exact) mass is 521 g/mol. The van der Waals surface area contributed by atoms with Crippen molar-refractivity contribution in [3.05, 3.63) is 76.3 Å². The van der Waals surface area contributed by atoms with Crippen molar-refractivity contribution in [3.63, 3.8) is 0 Å². The van der Waals surface area contributed by atoms with Gasteiger partial charge in [0.25, 0.3) is 5.91 Å². The van der Waals surface area contributed by atoms with Gasteiger partial charge in [-0.05, 0) is 29.8 Å². The molecule has 3 heterocycles. The molecule has 0 radical (unpaired) electrons. The number of alkyl halides is 3. The van der Waals surface area contributed by atoms with Crippen molar-refractivity contribution in [1.82, 2.24) is 20.9 Å². The van der Waals surface area contributed by atoms with E-state index in [9.17, 15) is 18.0 Å². The van der Waals surface area contributed by atoms with Crippen LogP contribution in [0.5, 0.6) is 0 Å². The van der Waals surface area contributed by atoms with Crippen molar-refractivity contribution in [3.8, 4) is 0 Å². The number of aliphatic imine (C=N–C) groups is 1. The third-order valence-electron chi connectivity index (χ3n) is 5.34. The molecule has 2 aromatic rings. The van der Waals surface area contributed by atoms with Gasteiger partial charge in [0, 0.05) is 31.4 Å². The molecule has 6 N–H and O–H groups in total. The van der Waals surface area contributed by atoms with Crippen LogP contribution in [0.1, 0.15) is 21.5 Å². The molecule has 0 bridgehead atoms. The first kappa shape index (κ1) is 25.5. The molecule has 2 aliphatic rings. The maximum atomic E-state index is 12.9. The van der Waals surface area contributed by atoms with Gasteiger partial charge in [-0.15, -0.1) is 0 Å². The Morgan fingerprint density at radius 3 is 2.67 bits per heavy atom. The number of nitrogens with two attached hydrogens (primary N) is 1. The summed E-state index contributed by atoms with van der Waals surface area (Å²) in [6.45, 7) is 2.52. The van der Waals surface area contributed by atoms with E-state index in [0.717, 1.165) is 24.9 Å². The summed E-state index contributed by atoms with van der Waals surface area (Å²) in [6, 6.07) is 8.02. The number of aromatic nitrogens is 1. The van der Waals surface area contributed by atoms with Gasteiger partial charge in [-0.1, -0.05) is 23.7 Å². The number of rotatable bonds is 6. The predicted molar refractivity (Wildman–Crippen MR) is 130 cm³/mol. The Morgan fingerprint density at radius 2 is 1.97 bits per heavy atom. The highest BCUT2D eigenvalue weighted by atomic mass is 35.5. The van der Waals surface area contributed by atoms with Crippen LogP contribution in [0.2, 0.25) is 0 Å². The first-order chi connectivity index (χ1) is 17.2. The second kappa shape index (κ2) is 11.0. The van der Waals surface area contributed by atoms with Crippen molar-refractivity contribution in [1.29, 1.82) is 0 Å². The Labute approximate surface area is 209 Å². The summed E-state index contributed by atoms with van der Waals surface area (Å²) >= 11 is 6.10. The number of ether oxygens (including phenoxy) is 1. The number of carbonyl (C=O) groups is 1. The maximum absolute atomic E-state index is 12.9. The van der Waals surface area contributed by atoms with E-state index in [4.69, 9.17) is 22.1 Å². The van der Waals surface area contributed by atoms with Crippen molar-refractivity contribution < 1.29 is 22.7 Å². The first-order valence-corrected chi connectivity index (χ1v) is 11.3. The number of amidine groups is 1. The Bertz CT molecular complexity index is 1210. The van der Waals surface area contributed by atoms with Crippen LogP contribution in [0.3, 0.4) is 0 Å². The summed E-state index contributed by atoms with van der Waals surface area (Å²) in [7, 11) is 0. The predicted octanol–water partition coefficient (Wildman–Crippen LogP) is 2.60. The highest BCUT2D eigenvalue weighted by Crippen LogP contribution is 2.30. The molecule has 0 aliphatic carbocycles. The van der Waals surface area contributed by atoms with E-state index in [1.54, 1.807) is 12.1 Å². The number of hydrogen-bond acceptors (Lipinski definition) is 8. The fraction of sp³-hybridized carbons (Fsp3) is 0.261. The van der Waals surface area contributed by atoms with Crippen molar-refractivity contribution in [2.24, 2.45) is 10.7 Å². The summed E-state index contributed by atoms with van der Waals surface area (Å²) in [5.41, 5.74) is 7.11. The molecule has 1 fully saturated rings. The zero-order chi connectivity index (χ0) is 25.7. The van der Waals surface area contributed by atoms with Crippen LogP contribution in [0.25, 0.3) is 5.70 Å². The normalized spacial score (nSPS) is 19.5. The largest absolute Gasteiger partial charge is 0.416 e. The number of halogens is 4. The Hall–Kier alpha value is -3.61. The highest BCUT2D eigenvalue weighted by Gasteiger charge is 2.31. The topological polar surface area (TPSA) is 126 Å².